The van der Waals surface area contributed by atoms with Crippen LogP contribution in [-0.2, 0) is 11.3 Å². The lowest BCUT2D eigenvalue weighted by atomic mass is 9.92. The molecular weight excluding hydrogens is 397 g/mol. The van der Waals surface area contributed by atoms with E-state index in [1.807, 2.05) is 17.0 Å². The van der Waals surface area contributed by atoms with Crippen molar-refractivity contribution in [2.45, 2.75) is 38.3 Å². The van der Waals surface area contributed by atoms with E-state index in [1.54, 1.807) is 11.2 Å². The molecule has 7 heteroatoms. The van der Waals surface area contributed by atoms with Gasteiger partial charge in [-0.25, -0.2) is 4.39 Å². The fourth-order valence-corrected chi connectivity index (χ4v) is 4.60. The van der Waals surface area contributed by atoms with Crippen LogP contribution in [0.1, 0.15) is 41.8 Å². The summed E-state index contributed by atoms with van der Waals surface area (Å²) in [6.45, 7) is 3.53. The molecule has 0 atom stereocenters. The van der Waals surface area contributed by atoms with E-state index in [1.165, 1.54) is 24.3 Å². The van der Waals surface area contributed by atoms with E-state index in [0.29, 0.717) is 38.0 Å². The van der Waals surface area contributed by atoms with E-state index in [9.17, 15) is 14.0 Å². The zero-order chi connectivity index (χ0) is 21.8. The number of likely N-dealkylation sites (tertiary alicyclic amines) is 2. The minimum atomic E-state index is -0.355. The summed E-state index contributed by atoms with van der Waals surface area (Å²) < 4.78 is 18.7. The van der Waals surface area contributed by atoms with Gasteiger partial charge in [-0.1, -0.05) is 0 Å². The molecule has 2 saturated heterocycles. The summed E-state index contributed by atoms with van der Waals surface area (Å²) in [5.41, 5.74) is 0.483. The van der Waals surface area contributed by atoms with E-state index < -0.39 is 0 Å². The number of rotatable bonds is 5. The Morgan fingerprint density at radius 2 is 1.71 bits per heavy atom. The number of nitrogens with zero attached hydrogens (tertiary/aromatic N) is 3. The lowest BCUT2D eigenvalue weighted by Gasteiger charge is -2.40. The van der Waals surface area contributed by atoms with Crippen molar-refractivity contribution in [2.75, 3.05) is 33.2 Å². The van der Waals surface area contributed by atoms with Crippen LogP contribution in [0.3, 0.4) is 0 Å². The van der Waals surface area contributed by atoms with Crippen molar-refractivity contribution in [2.24, 2.45) is 5.92 Å². The first-order chi connectivity index (χ1) is 15.0. The third-order valence-electron chi connectivity index (χ3n) is 6.54. The molecular formula is C24H30FN3O3. The number of halogens is 1. The summed E-state index contributed by atoms with van der Waals surface area (Å²) in [6.07, 6.45) is 4.86. The van der Waals surface area contributed by atoms with Gasteiger partial charge in [0.15, 0.2) is 0 Å². The van der Waals surface area contributed by atoms with E-state index >= 15 is 0 Å². The smallest absolute Gasteiger partial charge is 0.253 e. The molecule has 0 spiro atoms. The number of hydrogen-bond acceptors (Lipinski definition) is 4. The van der Waals surface area contributed by atoms with Gasteiger partial charge in [0.05, 0.1) is 12.8 Å². The van der Waals surface area contributed by atoms with Crippen molar-refractivity contribution in [3.05, 3.63) is 59.8 Å². The quantitative estimate of drug-likeness (QED) is 0.734. The van der Waals surface area contributed by atoms with Crippen LogP contribution in [0.4, 0.5) is 4.39 Å². The molecule has 2 aliphatic heterocycles. The average molecular weight is 428 g/mol. The lowest BCUT2D eigenvalue weighted by molar-refractivity contribution is -0.141. The van der Waals surface area contributed by atoms with Gasteiger partial charge >= 0.3 is 0 Å². The molecule has 3 heterocycles. The fraction of sp³-hybridized carbons (Fsp3) is 0.500. The topological polar surface area (TPSA) is 57.0 Å². The van der Waals surface area contributed by atoms with Gasteiger partial charge in [0, 0.05) is 30.6 Å². The Kier molecular flexibility index (Phi) is 6.70. The largest absolute Gasteiger partial charge is 0.467 e. The summed E-state index contributed by atoms with van der Waals surface area (Å²) >= 11 is 0. The van der Waals surface area contributed by atoms with Crippen LogP contribution in [0.15, 0.2) is 47.1 Å². The van der Waals surface area contributed by atoms with Crippen LogP contribution in [-0.4, -0.2) is 65.8 Å². The molecule has 2 amide bonds. The Morgan fingerprint density at radius 1 is 1.03 bits per heavy atom. The van der Waals surface area contributed by atoms with Crippen molar-refractivity contribution < 1.29 is 18.4 Å². The van der Waals surface area contributed by atoms with Gasteiger partial charge < -0.3 is 19.1 Å². The molecule has 0 aliphatic carbocycles. The maximum absolute atomic E-state index is 13.5. The van der Waals surface area contributed by atoms with Crippen LogP contribution in [0.2, 0.25) is 0 Å². The Morgan fingerprint density at radius 3 is 2.32 bits per heavy atom. The zero-order valence-electron chi connectivity index (χ0n) is 18.0. The highest BCUT2D eigenvalue weighted by Crippen LogP contribution is 2.26. The van der Waals surface area contributed by atoms with E-state index in [2.05, 4.69) is 11.9 Å². The first-order valence-electron chi connectivity index (χ1n) is 11.1. The highest BCUT2D eigenvalue weighted by Gasteiger charge is 2.34. The molecule has 4 rings (SSSR count). The average Bonchev–Trinajstić information content (AvgIpc) is 3.31. The number of hydrogen-bond donors (Lipinski definition) is 0. The molecule has 2 fully saturated rings. The Labute approximate surface area is 182 Å². The number of benzene rings is 1. The van der Waals surface area contributed by atoms with Crippen molar-refractivity contribution in [3.8, 4) is 0 Å². The van der Waals surface area contributed by atoms with E-state index in [0.717, 1.165) is 31.7 Å². The van der Waals surface area contributed by atoms with Crippen LogP contribution in [0.5, 0.6) is 0 Å². The fourth-order valence-electron chi connectivity index (χ4n) is 4.60. The molecule has 0 radical (unpaired) electrons. The minimum absolute atomic E-state index is 0.0908. The van der Waals surface area contributed by atoms with Crippen LogP contribution in [0.25, 0.3) is 0 Å². The van der Waals surface area contributed by atoms with Gasteiger partial charge in [0.1, 0.15) is 11.6 Å². The van der Waals surface area contributed by atoms with Gasteiger partial charge in [-0.3, -0.25) is 9.59 Å². The second kappa shape index (κ2) is 9.64. The van der Waals surface area contributed by atoms with Crippen LogP contribution in [0, 0.1) is 11.7 Å². The number of piperidine rings is 2. The van der Waals surface area contributed by atoms with Gasteiger partial charge in [-0.2, -0.15) is 0 Å². The van der Waals surface area contributed by atoms with Gasteiger partial charge in [0.2, 0.25) is 5.91 Å². The first kappa shape index (κ1) is 21.6. The van der Waals surface area contributed by atoms with Gasteiger partial charge in [0.25, 0.3) is 5.91 Å². The van der Waals surface area contributed by atoms with E-state index in [4.69, 9.17) is 4.42 Å². The van der Waals surface area contributed by atoms with Gasteiger partial charge in [-0.15, -0.1) is 0 Å². The zero-order valence-corrected chi connectivity index (χ0v) is 18.0. The Bertz CT molecular complexity index is 868. The maximum Gasteiger partial charge on any atom is 0.253 e. The molecule has 2 aliphatic rings. The summed E-state index contributed by atoms with van der Waals surface area (Å²) in [5.74, 6) is 0.419. The van der Waals surface area contributed by atoms with Gasteiger partial charge in [-0.05, 0) is 82.2 Å². The summed E-state index contributed by atoms with van der Waals surface area (Å²) in [4.78, 5) is 32.3. The summed E-state index contributed by atoms with van der Waals surface area (Å²) in [7, 11) is 2.11. The molecule has 31 heavy (non-hydrogen) atoms. The highest BCUT2D eigenvalue weighted by atomic mass is 19.1. The Balaban J connectivity index is 1.39. The molecule has 0 saturated carbocycles. The molecule has 166 valence electrons. The summed E-state index contributed by atoms with van der Waals surface area (Å²) in [5, 5.41) is 0. The minimum Gasteiger partial charge on any atom is -0.467 e. The monoisotopic (exact) mass is 427 g/mol. The molecule has 1 aromatic heterocycles. The molecule has 1 aromatic carbocycles. The second-order valence-corrected chi connectivity index (χ2v) is 8.65. The molecule has 0 bridgehead atoms. The summed E-state index contributed by atoms with van der Waals surface area (Å²) in [6, 6.07) is 9.62. The second-order valence-electron chi connectivity index (χ2n) is 8.65. The van der Waals surface area contributed by atoms with Crippen molar-refractivity contribution in [3.63, 3.8) is 0 Å². The third-order valence-corrected chi connectivity index (χ3v) is 6.54. The van der Waals surface area contributed by atoms with E-state index in [-0.39, 0.29) is 29.6 Å². The first-order valence-corrected chi connectivity index (χ1v) is 11.1. The number of furan rings is 1. The van der Waals surface area contributed by atoms with Crippen LogP contribution >= 0.6 is 0 Å². The predicted molar refractivity (Wildman–Crippen MR) is 115 cm³/mol. The number of carbonyl (C=O) groups excluding carboxylic acids is 2. The predicted octanol–water partition coefficient (Wildman–Crippen LogP) is 3.39. The standard InChI is InChI=1S/C24H30FN3O3/c1-26-12-10-21(11-13-26)28(17-22-3-2-16-31-22)24(30)19-8-14-27(15-9-19)23(29)18-4-6-20(25)7-5-18/h2-7,16,19,21H,8-15,17H2,1H3. The molecule has 0 unspecified atom stereocenters. The molecule has 2 aromatic rings. The van der Waals surface area contributed by atoms with Crippen LogP contribution < -0.4 is 0 Å². The Hall–Kier alpha value is -2.67. The SMILES string of the molecule is CN1CCC(N(Cc2ccco2)C(=O)C2CCN(C(=O)c3ccc(F)cc3)CC2)CC1. The lowest BCUT2D eigenvalue weighted by Crippen LogP contribution is -2.50. The number of amides is 2. The van der Waals surface area contributed by atoms with Crippen molar-refractivity contribution >= 4 is 11.8 Å². The third kappa shape index (κ3) is 5.15. The van der Waals surface area contributed by atoms with Crippen molar-refractivity contribution in [1.82, 2.24) is 14.7 Å². The normalized spacial score (nSPS) is 18.8. The number of carbonyl (C=O) groups is 2. The van der Waals surface area contributed by atoms with Crippen molar-refractivity contribution in [1.29, 1.82) is 0 Å². The highest BCUT2D eigenvalue weighted by molar-refractivity contribution is 5.94. The molecule has 0 N–H and O–H groups in total. The molecule has 6 nitrogen and oxygen atoms in total. The maximum atomic E-state index is 13.5.